The van der Waals surface area contributed by atoms with Gasteiger partial charge in [0, 0.05) is 0 Å². The Bertz CT molecular complexity index is 992. The topological polar surface area (TPSA) is 50.9 Å². The molecule has 1 N–H and O–H groups in total. The molecule has 180 valence electrons. The predicted octanol–water partition coefficient (Wildman–Crippen LogP) is 8.10. The molecular weight excluding hydrogens is 406 g/mol. The largest absolute Gasteiger partial charge is 0.505 e. The fourth-order valence-electron chi connectivity index (χ4n) is 4.59. The van der Waals surface area contributed by atoms with Gasteiger partial charge in [0.1, 0.15) is 22.5 Å². The molecule has 0 radical (unpaired) electrons. The molecule has 0 bridgehead atoms. The molecule has 3 aromatic rings. The van der Waals surface area contributed by atoms with Gasteiger partial charge in [0.2, 0.25) is 0 Å². The van der Waals surface area contributed by atoms with E-state index in [1.54, 1.807) is 4.80 Å². The number of aromatic hydroxyl groups is 1. The van der Waals surface area contributed by atoms with Gasteiger partial charge in [0.05, 0.1) is 0 Å². The maximum atomic E-state index is 11.2. The normalized spacial score (nSPS) is 11.5. The zero-order chi connectivity index (χ0) is 23.5. The third kappa shape index (κ3) is 7.31. The van der Waals surface area contributed by atoms with Gasteiger partial charge in [-0.3, -0.25) is 0 Å². The Balaban J connectivity index is 1.85. The Morgan fingerprint density at radius 3 is 2.00 bits per heavy atom. The van der Waals surface area contributed by atoms with E-state index in [1.165, 1.54) is 68.9 Å². The third-order valence-electron chi connectivity index (χ3n) is 6.55. The van der Waals surface area contributed by atoms with Gasteiger partial charge >= 0.3 is 0 Å². The van der Waals surface area contributed by atoms with Crippen molar-refractivity contribution >= 4 is 11.0 Å². The molecule has 1 heterocycles. The monoisotopic (exact) mass is 449 g/mol. The van der Waals surface area contributed by atoms with Crippen LogP contribution in [0.1, 0.15) is 108 Å². The van der Waals surface area contributed by atoms with Crippen molar-refractivity contribution < 1.29 is 5.11 Å². The molecule has 0 fully saturated rings. The van der Waals surface area contributed by atoms with Crippen LogP contribution in [0.3, 0.4) is 0 Å². The number of rotatable bonds is 15. The zero-order valence-corrected chi connectivity index (χ0v) is 21.1. The van der Waals surface area contributed by atoms with Crippen molar-refractivity contribution in [2.75, 3.05) is 0 Å². The summed E-state index contributed by atoms with van der Waals surface area (Å²) in [5, 5.41) is 20.6. The molecule has 0 atom stereocenters. The fraction of sp³-hybridized carbons (Fsp3) is 0.586. The molecule has 0 spiro atoms. The van der Waals surface area contributed by atoms with Crippen LogP contribution in [0.4, 0.5) is 0 Å². The molecule has 0 aliphatic carbocycles. The molecule has 0 aliphatic rings. The fourth-order valence-corrected chi connectivity index (χ4v) is 4.59. The molecule has 4 nitrogen and oxygen atoms in total. The Hall–Kier alpha value is -2.36. The lowest BCUT2D eigenvalue weighted by Crippen LogP contribution is -2.03. The number of nitrogens with zero attached hydrogens (tertiary/aromatic N) is 3. The van der Waals surface area contributed by atoms with Crippen LogP contribution in [-0.4, -0.2) is 20.1 Å². The number of benzene rings is 2. The minimum atomic E-state index is 0.342. The van der Waals surface area contributed by atoms with E-state index in [4.69, 9.17) is 10.2 Å². The molecule has 0 saturated carbocycles. The first-order valence-corrected chi connectivity index (χ1v) is 13.4. The summed E-state index contributed by atoms with van der Waals surface area (Å²) in [6, 6.07) is 10.6. The average molecular weight is 450 g/mol. The maximum absolute atomic E-state index is 11.2. The summed E-state index contributed by atoms with van der Waals surface area (Å²) in [6.45, 7) is 6.69. The summed E-state index contributed by atoms with van der Waals surface area (Å²) in [4.78, 5) is 1.65. The summed E-state index contributed by atoms with van der Waals surface area (Å²) in [5.74, 6) is 0.342. The zero-order valence-electron chi connectivity index (χ0n) is 21.1. The minimum Gasteiger partial charge on any atom is -0.505 e. The summed E-state index contributed by atoms with van der Waals surface area (Å²) < 4.78 is 0. The van der Waals surface area contributed by atoms with Crippen LogP contribution in [0.5, 0.6) is 5.75 Å². The Morgan fingerprint density at radius 1 is 0.636 bits per heavy atom. The summed E-state index contributed by atoms with van der Waals surface area (Å²) >= 11 is 0. The van der Waals surface area contributed by atoms with Gasteiger partial charge in [-0.1, -0.05) is 90.7 Å². The van der Waals surface area contributed by atoms with Crippen molar-refractivity contribution in [1.29, 1.82) is 0 Å². The van der Waals surface area contributed by atoms with Gasteiger partial charge < -0.3 is 5.11 Å². The summed E-state index contributed by atoms with van der Waals surface area (Å²) in [5.41, 5.74) is 6.11. The van der Waals surface area contributed by atoms with Crippen LogP contribution in [0, 0.1) is 0 Å². The molecule has 0 amide bonds. The Kier molecular flexibility index (Phi) is 10.2. The van der Waals surface area contributed by atoms with Crippen LogP contribution >= 0.6 is 0 Å². The number of aromatic nitrogens is 3. The van der Waals surface area contributed by atoms with Gasteiger partial charge in [0.25, 0.3) is 0 Å². The first kappa shape index (κ1) is 25.3. The second-order valence-electron chi connectivity index (χ2n) is 9.51. The van der Waals surface area contributed by atoms with E-state index in [0.717, 1.165) is 54.4 Å². The number of fused-ring (bicyclic) bond motifs is 1. The smallest absolute Gasteiger partial charge is 0.146 e. The minimum absolute atomic E-state index is 0.342. The van der Waals surface area contributed by atoms with Crippen molar-refractivity contribution in [3.8, 4) is 11.4 Å². The molecule has 2 aromatic carbocycles. The SMILES string of the molecule is CCCCCCCc1cc(CCCCCCC)c(O)c(-n2nc3ccc(CCC)cc3n2)c1. The van der Waals surface area contributed by atoms with Crippen molar-refractivity contribution in [3.63, 3.8) is 0 Å². The van der Waals surface area contributed by atoms with Crippen molar-refractivity contribution in [2.45, 2.75) is 111 Å². The van der Waals surface area contributed by atoms with Gasteiger partial charge in [-0.05, 0) is 67.0 Å². The van der Waals surface area contributed by atoms with Crippen LogP contribution in [-0.2, 0) is 19.3 Å². The third-order valence-corrected chi connectivity index (χ3v) is 6.55. The van der Waals surface area contributed by atoms with Crippen LogP contribution in [0.25, 0.3) is 16.7 Å². The van der Waals surface area contributed by atoms with Crippen molar-refractivity contribution in [3.05, 3.63) is 47.0 Å². The summed E-state index contributed by atoms with van der Waals surface area (Å²) in [6.07, 6.45) is 16.6. The number of phenols is 1. The van der Waals surface area contributed by atoms with E-state index in [-0.39, 0.29) is 0 Å². The highest BCUT2D eigenvalue weighted by Crippen LogP contribution is 2.30. The van der Waals surface area contributed by atoms with E-state index in [2.05, 4.69) is 45.0 Å². The van der Waals surface area contributed by atoms with Crippen LogP contribution < -0.4 is 0 Å². The van der Waals surface area contributed by atoms with E-state index in [0.29, 0.717) is 5.75 Å². The van der Waals surface area contributed by atoms with Crippen molar-refractivity contribution in [1.82, 2.24) is 15.0 Å². The van der Waals surface area contributed by atoms with Gasteiger partial charge in [-0.2, -0.15) is 0 Å². The molecular formula is C29H43N3O. The quantitative estimate of drug-likeness (QED) is 0.238. The number of hydrogen-bond donors (Lipinski definition) is 1. The van der Waals surface area contributed by atoms with E-state index in [9.17, 15) is 5.11 Å². The van der Waals surface area contributed by atoms with Gasteiger partial charge in [0.15, 0.2) is 0 Å². The second kappa shape index (κ2) is 13.4. The van der Waals surface area contributed by atoms with E-state index in [1.807, 2.05) is 6.07 Å². The van der Waals surface area contributed by atoms with Crippen LogP contribution in [0.2, 0.25) is 0 Å². The lowest BCUT2D eigenvalue weighted by atomic mass is 9.98. The van der Waals surface area contributed by atoms with Gasteiger partial charge in [-0.25, -0.2) is 0 Å². The van der Waals surface area contributed by atoms with E-state index >= 15 is 0 Å². The Labute approximate surface area is 200 Å². The molecule has 0 saturated heterocycles. The molecule has 0 aliphatic heterocycles. The predicted molar refractivity (Wildman–Crippen MR) is 139 cm³/mol. The standard InChI is InChI=1S/C29H43N3O/c1-4-7-9-11-13-16-24-20-25(17-14-12-10-8-5-2)29(33)28(22-24)32-30-26-19-18-23(15-6-3)21-27(26)31-32/h18-22,33H,4-17H2,1-3H3. The van der Waals surface area contributed by atoms with Crippen LogP contribution in [0.15, 0.2) is 30.3 Å². The second-order valence-corrected chi connectivity index (χ2v) is 9.51. The highest BCUT2D eigenvalue weighted by Gasteiger charge is 2.15. The maximum Gasteiger partial charge on any atom is 0.146 e. The number of phenolic OH excluding ortho intramolecular Hbond substituents is 1. The Morgan fingerprint density at radius 2 is 1.30 bits per heavy atom. The molecule has 0 unspecified atom stereocenters. The number of hydrogen-bond acceptors (Lipinski definition) is 3. The molecule has 1 aromatic heterocycles. The van der Waals surface area contributed by atoms with E-state index < -0.39 is 0 Å². The molecule has 3 rings (SSSR count). The lowest BCUT2D eigenvalue weighted by molar-refractivity contribution is 0.458. The van der Waals surface area contributed by atoms with Crippen molar-refractivity contribution in [2.24, 2.45) is 0 Å². The number of aryl methyl sites for hydroxylation is 3. The number of unbranched alkanes of at least 4 members (excludes halogenated alkanes) is 8. The molecule has 33 heavy (non-hydrogen) atoms. The van der Waals surface area contributed by atoms with Gasteiger partial charge in [-0.15, -0.1) is 15.0 Å². The molecule has 4 heteroatoms. The summed E-state index contributed by atoms with van der Waals surface area (Å²) in [7, 11) is 0. The first-order valence-electron chi connectivity index (χ1n) is 13.4. The lowest BCUT2D eigenvalue weighted by Gasteiger charge is -2.13. The first-order chi connectivity index (χ1) is 16.2. The highest BCUT2D eigenvalue weighted by molar-refractivity contribution is 5.75. The average Bonchev–Trinajstić information content (AvgIpc) is 3.24. The highest BCUT2D eigenvalue weighted by atomic mass is 16.3.